The van der Waals surface area contributed by atoms with Gasteiger partial charge in [-0.25, -0.2) is 4.98 Å². The molecular formula is C17H20N2OS. The van der Waals surface area contributed by atoms with E-state index in [-0.39, 0.29) is 6.10 Å². The van der Waals surface area contributed by atoms with Crippen LogP contribution in [0.1, 0.15) is 35.2 Å². The fraction of sp³-hybridized carbons (Fsp3) is 0.471. The highest BCUT2D eigenvalue weighted by Gasteiger charge is 2.33. The van der Waals surface area contributed by atoms with E-state index in [1.54, 1.807) is 11.3 Å². The van der Waals surface area contributed by atoms with Crippen LogP contribution in [0.2, 0.25) is 0 Å². The normalized spacial score (nSPS) is 25.9. The minimum atomic E-state index is 0.175. The Bertz CT molecular complexity index is 598. The van der Waals surface area contributed by atoms with Crippen LogP contribution in [0.25, 0.3) is 0 Å². The van der Waals surface area contributed by atoms with Crippen LogP contribution in [0.5, 0.6) is 0 Å². The molecule has 110 valence electrons. The molecule has 21 heavy (non-hydrogen) atoms. The Kier molecular flexibility index (Phi) is 3.76. The maximum Gasteiger partial charge on any atom is 0.123 e. The van der Waals surface area contributed by atoms with Gasteiger partial charge in [-0.05, 0) is 24.9 Å². The summed E-state index contributed by atoms with van der Waals surface area (Å²) in [6.45, 7) is 3.12. The average Bonchev–Trinajstić information content (AvgIpc) is 3.16. The van der Waals surface area contributed by atoms with E-state index in [4.69, 9.17) is 9.72 Å². The van der Waals surface area contributed by atoms with Crippen molar-refractivity contribution in [3.63, 3.8) is 0 Å². The molecule has 0 aliphatic carbocycles. The predicted octanol–water partition coefficient (Wildman–Crippen LogP) is 3.27. The van der Waals surface area contributed by atoms with E-state index in [0.717, 1.165) is 30.3 Å². The number of thiazole rings is 1. The number of morpholine rings is 1. The molecule has 0 unspecified atom stereocenters. The van der Waals surface area contributed by atoms with Crippen molar-refractivity contribution in [2.75, 3.05) is 19.7 Å². The van der Waals surface area contributed by atoms with Gasteiger partial charge in [0.25, 0.3) is 0 Å². The number of benzene rings is 1. The Labute approximate surface area is 129 Å². The lowest BCUT2D eigenvalue weighted by atomic mass is 10.1. The average molecular weight is 300 g/mol. The summed E-state index contributed by atoms with van der Waals surface area (Å²) in [6.07, 6.45) is 3.70. The van der Waals surface area contributed by atoms with Gasteiger partial charge in [-0.3, -0.25) is 4.90 Å². The molecule has 2 aliphatic heterocycles. The molecule has 1 aromatic carbocycles. The van der Waals surface area contributed by atoms with Crippen LogP contribution in [-0.2, 0) is 11.2 Å². The van der Waals surface area contributed by atoms with Crippen molar-refractivity contribution in [1.29, 1.82) is 0 Å². The molecule has 3 heterocycles. The summed E-state index contributed by atoms with van der Waals surface area (Å²) in [5.41, 5.74) is 2.48. The smallest absolute Gasteiger partial charge is 0.123 e. The van der Waals surface area contributed by atoms with Crippen LogP contribution in [0.15, 0.2) is 35.7 Å². The van der Waals surface area contributed by atoms with E-state index >= 15 is 0 Å². The Hall–Kier alpha value is -1.23. The van der Waals surface area contributed by atoms with Crippen LogP contribution in [0.3, 0.4) is 0 Å². The highest BCUT2D eigenvalue weighted by atomic mass is 32.1. The first kappa shape index (κ1) is 13.4. The molecule has 2 fully saturated rings. The first-order valence-corrected chi connectivity index (χ1v) is 8.60. The third kappa shape index (κ3) is 2.89. The first-order chi connectivity index (χ1) is 10.4. The Morgan fingerprint density at radius 1 is 1.29 bits per heavy atom. The number of hydrogen-bond donors (Lipinski definition) is 0. The molecule has 0 saturated carbocycles. The van der Waals surface area contributed by atoms with E-state index in [1.807, 2.05) is 0 Å². The van der Waals surface area contributed by atoms with E-state index in [0.29, 0.717) is 6.04 Å². The van der Waals surface area contributed by atoms with Gasteiger partial charge in [-0.2, -0.15) is 0 Å². The van der Waals surface area contributed by atoms with Crippen LogP contribution >= 0.6 is 11.3 Å². The topological polar surface area (TPSA) is 25.4 Å². The van der Waals surface area contributed by atoms with Gasteiger partial charge in [-0.15, -0.1) is 11.3 Å². The summed E-state index contributed by atoms with van der Waals surface area (Å²) in [4.78, 5) is 7.39. The van der Waals surface area contributed by atoms with Gasteiger partial charge in [0, 0.05) is 24.4 Å². The fourth-order valence-corrected chi connectivity index (χ4v) is 4.18. The second-order valence-corrected chi connectivity index (χ2v) is 6.84. The number of nitrogens with zero attached hydrogens (tertiary/aromatic N) is 2. The van der Waals surface area contributed by atoms with Gasteiger partial charge in [0.2, 0.25) is 0 Å². The van der Waals surface area contributed by atoms with E-state index in [2.05, 4.69) is 40.6 Å². The zero-order chi connectivity index (χ0) is 14.1. The lowest BCUT2D eigenvalue weighted by Crippen LogP contribution is -2.42. The van der Waals surface area contributed by atoms with Crippen molar-refractivity contribution in [3.8, 4) is 0 Å². The zero-order valence-corrected chi connectivity index (χ0v) is 12.9. The van der Waals surface area contributed by atoms with E-state index in [1.165, 1.54) is 24.9 Å². The fourth-order valence-electron chi connectivity index (χ4n) is 3.32. The van der Waals surface area contributed by atoms with Crippen molar-refractivity contribution in [3.05, 3.63) is 52.0 Å². The predicted molar refractivity (Wildman–Crippen MR) is 84.7 cm³/mol. The molecule has 2 atom stereocenters. The molecular weight excluding hydrogens is 280 g/mol. The highest BCUT2D eigenvalue weighted by molar-refractivity contribution is 7.09. The van der Waals surface area contributed by atoms with Gasteiger partial charge >= 0.3 is 0 Å². The molecule has 2 aromatic rings. The summed E-state index contributed by atoms with van der Waals surface area (Å²) in [7, 11) is 0. The largest absolute Gasteiger partial charge is 0.368 e. The van der Waals surface area contributed by atoms with Crippen LogP contribution < -0.4 is 0 Å². The summed E-state index contributed by atoms with van der Waals surface area (Å²) >= 11 is 1.75. The Morgan fingerprint density at radius 2 is 2.19 bits per heavy atom. The summed E-state index contributed by atoms with van der Waals surface area (Å²) < 4.78 is 6.05. The SMILES string of the molecule is c1ccc(Cc2csc([C@H]3CN4CCC[C@@H]4CO3)n2)cc1. The minimum absolute atomic E-state index is 0.175. The molecule has 4 rings (SSSR count). The Balaban J connectivity index is 1.44. The second-order valence-electron chi connectivity index (χ2n) is 5.95. The third-order valence-electron chi connectivity index (χ3n) is 4.46. The highest BCUT2D eigenvalue weighted by Crippen LogP contribution is 2.31. The molecule has 2 aliphatic rings. The molecule has 3 nitrogen and oxygen atoms in total. The molecule has 0 radical (unpaired) electrons. The number of fused-ring (bicyclic) bond motifs is 1. The lowest BCUT2D eigenvalue weighted by Gasteiger charge is -2.34. The van der Waals surface area contributed by atoms with Crippen LogP contribution in [0.4, 0.5) is 0 Å². The first-order valence-electron chi connectivity index (χ1n) is 7.72. The molecule has 4 heteroatoms. The van der Waals surface area contributed by atoms with Crippen molar-refractivity contribution in [2.24, 2.45) is 0 Å². The summed E-state index contributed by atoms with van der Waals surface area (Å²) in [6, 6.07) is 11.2. The van der Waals surface area contributed by atoms with E-state index in [9.17, 15) is 0 Å². The molecule has 0 amide bonds. The Morgan fingerprint density at radius 3 is 3.10 bits per heavy atom. The van der Waals surface area contributed by atoms with Crippen LogP contribution in [0, 0.1) is 0 Å². The van der Waals surface area contributed by atoms with Gasteiger partial charge in [0.15, 0.2) is 0 Å². The molecule has 1 aromatic heterocycles. The number of hydrogen-bond acceptors (Lipinski definition) is 4. The number of aromatic nitrogens is 1. The quantitative estimate of drug-likeness (QED) is 0.870. The van der Waals surface area contributed by atoms with Gasteiger partial charge < -0.3 is 4.74 Å². The maximum absolute atomic E-state index is 6.05. The van der Waals surface area contributed by atoms with Crippen LogP contribution in [-0.4, -0.2) is 35.6 Å². The minimum Gasteiger partial charge on any atom is -0.368 e. The molecule has 0 bridgehead atoms. The van der Waals surface area contributed by atoms with Crippen molar-refractivity contribution in [1.82, 2.24) is 9.88 Å². The monoisotopic (exact) mass is 300 g/mol. The van der Waals surface area contributed by atoms with E-state index < -0.39 is 0 Å². The zero-order valence-electron chi connectivity index (χ0n) is 12.1. The summed E-state index contributed by atoms with van der Waals surface area (Å²) in [5, 5.41) is 3.33. The molecule has 0 spiro atoms. The van der Waals surface area contributed by atoms with Gasteiger partial charge in [0.05, 0.1) is 12.3 Å². The molecule has 0 N–H and O–H groups in total. The van der Waals surface area contributed by atoms with Gasteiger partial charge in [0.1, 0.15) is 11.1 Å². The van der Waals surface area contributed by atoms with Crippen molar-refractivity contribution >= 4 is 11.3 Å². The lowest BCUT2D eigenvalue weighted by molar-refractivity contribution is -0.0502. The standard InChI is InChI=1S/C17H20N2OS/c1-2-5-13(6-3-1)9-14-12-21-17(18-14)16-10-19-8-4-7-15(19)11-20-16/h1-3,5-6,12,15-16H,4,7-11H2/t15-,16-/m1/s1. The summed E-state index contributed by atoms with van der Waals surface area (Å²) in [5.74, 6) is 0. The number of rotatable bonds is 3. The molecule has 2 saturated heterocycles. The van der Waals surface area contributed by atoms with Crippen molar-refractivity contribution in [2.45, 2.75) is 31.4 Å². The number of ether oxygens (including phenoxy) is 1. The van der Waals surface area contributed by atoms with Crippen molar-refractivity contribution < 1.29 is 4.74 Å². The van der Waals surface area contributed by atoms with Gasteiger partial charge in [-0.1, -0.05) is 30.3 Å². The second kappa shape index (κ2) is 5.87. The third-order valence-corrected chi connectivity index (χ3v) is 5.45. The maximum atomic E-state index is 6.05.